The molecule has 60 heavy (non-hydrogen) atoms. The summed E-state index contributed by atoms with van der Waals surface area (Å²) in [5, 5.41) is 19.6. The van der Waals surface area contributed by atoms with Gasteiger partial charge in [-0.3, -0.25) is 9.79 Å². The summed E-state index contributed by atoms with van der Waals surface area (Å²) in [5.41, 5.74) is 3.57. The smallest absolute Gasteiger partial charge is 0.378 e. The summed E-state index contributed by atoms with van der Waals surface area (Å²) < 4.78 is 54.3. The number of hydrogen-bond acceptors (Lipinski definition) is 16. The van der Waals surface area contributed by atoms with Crippen molar-refractivity contribution in [2.45, 2.75) is 41.3 Å². The minimum Gasteiger partial charge on any atom is -0.461 e. The van der Waals surface area contributed by atoms with E-state index in [4.69, 9.17) is 23.0 Å². The van der Waals surface area contributed by atoms with Crippen molar-refractivity contribution in [2.75, 3.05) is 19.8 Å². The van der Waals surface area contributed by atoms with Crippen LogP contribution in [0.25, 0.3) is 28.6 Å². The number of aromatic nitrogens is 9. The first kappa shape index (κ1) is 43.4. The first-order chi connectivity index (χ1) is 28.6. The summed E-state index contributed by atoms with van der Waals surface area (Å²) in [7, 11) is 0. The number of ether oxygens (including phenoxy) is 2. The molecule has 1 aliphatic heterocycles. The van der Waals surface area contributed by atoms with Gasteiger partial charge in [0.2, 0.25) is 5.82 Å². The van der Waals surface area contributed by atoms with E-state index < -0.39 is 11.9 Å². The topological polar surface area (TPSA) is 222 Å². The molecule has 18 nitrogen and oxygen atoms in total. The third-order valence-electron chi connectivity index (χ3n) is 7.99. The zero-order valence-corrected chi connectivity index (χ0v) is 31.7. The first-order valence-corrected chi connectivity index (χ1v) is 17.8. The molecule has 6 heterocycles. The number of halogens is 2. The van der Waals surface area contributed by atoms with Crippen molar-refractivity contribution < 1.29 is 46.2 Å². The Kier molecular flexibility index (Phi) is 14.9. The van der Waals surface area contributed by atoms with E-state index in [1.54, 1.807) is 74.5 Å². The largest absolute Gasteiger partial charge is 0.461 e. The van der Waals surface area contributed by atoms with E-state index in [9.17, 15) is 23.2 Å². The van der Waals surface area contributed by atoms with E-state index in [0.29, 0.717) is 52.9 Å². The quantitative estimate of drug-likeness (QED) is 0.0970. The lowest BCUT2D eigenvalue weighted by molar-refractivity contribution is -0.134. The highest BCUT2D eigenvalue weighted by molar-refractivity contribution is 6.43. The predicted octanol–water partition coefficient (Wildman–Crippen LogP) is 6.33. The Morgan fingerprint density at radius 3 is 1.80 bits per heavy atom. The fourth-order valence-corrected chi connectivity index (χ4v) is 5.27. The second-order valence-corrected chi connectivity index (χ2v) is 12.0. The molecule has 310 valence electrons. The molecule has 0 unspecified atom stereocenters. The van der Waals surface area contributed by atoms with Crippen LogP contribution in [-0.2, 0) is 27.4 Å². The van der Waals surface area contributed by atoms with Crippen molar-refractivity contribution in [2.24, 2.45) is 4.99 Å². The molecule has 0 fully saturated rings. The lowest BCUT2D eigenvalue weighted by atomic mass is 10.2. The molecular formula is C40H38F2N10O8. The zero-order chi connectivity index (χ0) is 41.7. The van der Waals surface area contributed by atoms with Crippen molar-refractivity contribution in [3.8, 4) is 23.0 Å². The summed E-state index contributed by atoms with van der Waals surface area (Å²) in [5.74, 6) is -1.42. The van der Waals surface area contributed by atoms with Crippen LogP contribution < -0.4 is 0 Å². The Bertz CT molecular complexity index is 2560. The van der Waals surface area contributed by atoms with Crippen LogP contribution >= 0.6 is 0 Å². The molecule has 0 amide bonds. The second-order valence-electron chi connectivity index (χ2n) is 12.0. The summed E-state index contributed by atoms with van der Waals surface area (Å²) >= 11 is 0. The van der Waals surface area contributed by atoms with Crippen LogP contribution in [0.1, 0.15) is 66.3 Å². The standard InChI is InChI=1S/C15H13FN4O3.C14H11FN4O2.C10H10N2O3.CH4/c1-2-22-15(21)13-17-14(12-7-8-23-19-12)20(18-13)9-10-5-3-4-6-11(10)16;1-9(20)14-16-13(12-6-7-21-18-12)17-19(14)8-10-4-2-3-5-11(10)15;1-2-14-10(13)9-5-7(6-11-9)8-3-4-15-12-8;/h3-8H,2,9H2,1H3;2-7H,8H2,1H3;3-5H,2,6H2,1H3;1H4. The van der Waals surface area contributed by atoms with Gasteiger partial charge in [0.15, 0.2) is 28.8 Å². The van der Waals surface area contributed by atoms with Crippen LogP contribution in [0.5, 0.6) is 0 Å². The number of nitrogens with zero attached hydrogens (tertiary/aromatic N) is 10. The Labute approximate surface area is 340 Å². The van der Waals surface area contributed by atoms with Crippen LogP contribution in [0.2, 0.25) is 0 Å². The van der Waals surface area contributed by atoms with Crippen LogP contribution in [-0.4, -0.2) is 88.2 Å². The van der Waals surface area contributed by atoms with E-state index in [1.165, 1.54) is 47.2 Å². The molecule has 0 N–H and O–H groups in total. The van der Waals surface area contributed by atoms with Crippen LogP contribution in [0, 0.1) is 11.6 Å². The van der Waals surface area contributed by atoms with Crippen LogP contribution in [0.15, 0.2) is 110 Å². The van der Waals surface area contributed by atoms with Gasteiger partial charge in [-0.05, 0) is 32.1 Å². The maximum atomic E-state index is 13.8. The van der Waals surface area contributed by atoms with Gasteiger partial charge in [-0.2, -0.15) is 4.98 Å². The molecule has 0 saturated carbocycles. The van der Waals surface area contributed by atoms with E-state index in [0.717, 1.165) is 5.57 Å². The highest BCUT2D eigenvalue weighted by Gasteiger charge is 2.22. The predicted molar refractivity (Wildman–Crippen MR) is 208 cm³/mol. The molecule has 2 aromatic carbocycles. The number of esters is 2. The minimum absolute atomic E-state index is 0. The van der Waals surface area contributed by atoms with Gasteiger partial charge < -0.3 is 23.0 Å². The third kappa shape index (κ3) is 10.8. The minimum atomic E-state index is -0.649. The molecular weight excluding hydrogens is 786 g/mol. The van der Waals surface area contributed by atoms with Crippen molar-refractivity contribution >= 4 is 29.0 Å². The third-order valence-corrected chi connectivity index (χ3v) is 7.99. The summed E-state index contributed by atoms with van der Waals surface area (Å²) in [6, 6.07) is 17.5. The molecule has 20 heteroatoms. The number of carbonyl (C=O) groups excluding carboxylic acids is 3. The molecule has 0 radical (unpaired) electrons. The molecule has 8 rings (SSSR count). The maximum Gasteiger partial charge on any atom is 0.378 e. The lowest BCUT2D eigenvalue weighted by Crippen LogP contribution is -2.13. The SMILES string of the molecule is C.CC(=O)c1nc(-c2ccon2)nn1Cc1ccccc1F.CCOC(=O)C1=NCC(c2ccon2)=C1.CCOC(=O)c1nc(-c2ccon2)n(Cc2ccccc2F)n1. The number of Topliss-reactive ketones (excluding diaryl/α,β-unsaturated/α-hetero) is 1. The van der Waals surface area contributed by atoms with Gasteiger partial charge in [0.1, 0.15) is 41.8 Å². The van der Waals surface area contributed by atoms with Crippen LogP contribution in [0.3, 0.4) is 0 Å². The molecule has 0 spiro atoms. The fraction of sp³-hybridized carbons (Fsp3) is 0.225. The first-order valence-electron chi connectivity index (χ1n) is 17.8. The van der Waals surface area contributed by atoms with E-state index in [1.807, 2.05) is 0 Å². The van der Waals surface area contributed by atoms with E-state index in [2.05, 4.69) is 40.6 Å². The average Bonchev–Trinajstić information content (AvgIpc) is 4.07. The molecule has 1 aliphatic rings. The maximum absolute atomic E-state index is 13.8. The summed E-state index contributed by atoms with van der Waals surface area (Å²) in [4.78, 5) is 47.1. The molecule has 0 aliphatic carbocycles. The molecule has 0 atom stereocenters. The van der Waals surface area contributed by atoms with E-state index >= 15 is 0 Å². The van der Waals surface area contributed by atoms with Gasteiger partial charge in [-0.1, -0.05) is 59.3 Å². The molecule has 7 aromatic rings. The summed E-state index contributed by atoms with van der Waals surface area (Å²) in [6.45, 7) is 6.05. The molecule has 0 bridgehead atoms. The fourth-order valence-electron chi connectivity index (χ4n) is 5.27. The number of aliphatic imine (C=N–C) groups is 1. The zero-order valence-electron chi connectivity index (χ0n) is 31.7. The highest BCUT2D eigenvalue weighted by Crippen LogP contribution is 2.20. The lowest BCUT2D eigenvalue weighted by Gasteiger charge is -2.05. The monoisotopic (exact) mass is 824 g/mol. The Morgan fingerprint density at radius 1 is 0.700 bits per heavy atom. The normalized spacial score (nSPS) is 11.6. The summed E-state index contributed by atoms with van der Waals surface area (Å²) in [6.07, 6.45) is 5.93. The molecule has 0 saturated heterocycles. The average molecular weight is 825 g/mol. The number of rotatable bonds is 12. The number of hydrogen-bond donors (Lipinski definition) is 0. The second kappa shape index (κ2) is 20.6. The van der Waals surface area contributed by atoms with Crippen LogP contribution in [0.4, 0.5) is 8.78 Å². The highest BCUT2D eigenvalue weighted by atomic mass is 19.1. The van der Waals surface area contributed by atoms with Crippen molar-refractivity contribution in [1.29, 1.82) is 0 Å². The van der Waals surface area contributed by atoms with Gasteiger partial charge in [0.25, 0.3) is 5.82 Å². The van der Waals surface area contributed by atoms with Gasteiger partial charge in [-0.25, -0.2) is 32.7 Å². The van der Waals surface area contributed by atoms with Crippen molar-refractivity contribution in [3.63, 3.8) is 0 Å². The number of ketones is 1. The van der Waals surface area contributed by atoms with Crippen molar-refractivity contribution in [1.82, 2.24) is 45.0 Å². The number of benzene rings is 2. The van der Waals surface area contributed by atoms with E-state index in [-0.39, 0.29) is 62.0 Å². The molecule has 5 aromatic heterocycles. The van der Waals surface area contributed by atoms with Gasteiger partial charge in [0.05, 0.1) is 32.8 Å². The van der Waals surface area contributed by atoms with Gasteiger partial charge in [-0.15, -0.1) is 10.2 Å². The van der Waals surface area contributed by atoms with Gasteiger partial charge >= 0.3 is 11.9 Å². The number of carbonyl (C=O) groups is 3. The Balaban J connectivity index is 0.000000173. The Morgan fingerprint density at radius 2 is 1.25 bits per heavy atom. The van der Waals surface area contributed by atoms with Crippen molar-refractivity contribution in [3.05, 3.63) is 132 Å². The van der Waals surface area contributed by atoms with Gasteiger partial charge in [0, 0.05) is 41.8 Å². The Hall–Kier alpha value is -7.77.